The van der Waals surface area contributed by atoms with Crippen molar-refractivity contribution in [3.05, 3.63) is 42.1 Å². The Morgan fingerprint density at radius 2 is 2.14 bits per heavy atom. The lowest BCUT2D eigenvalue weighted by atomic mass is 10.1. The number of carbonyl (C=O) groups excluding carboxylic acids is 1. The first-order chi connectivity index (χ1) is 10.6. The minimum atomic E-state index is -0.162. The Morgan fingerprint density at radius 3 is 2.86 bits per heavy atom. The topological polar surface area (TPSA) is 69.0 Å². The molecule has 0 bridgehead atoms. The summed E-state index contributed by atoms with van der Waals surface area (Å²) >= 11 is 0. The Kier molecular flexibility index (Phi) is 3.50. The first kappa shape index (κ1) is 14.1. The van der Waals surface area contributed by atoms with E-state index in [0.717, 1.165) is 16.7 Å². The molecule has 0 saturated heterocycles. The van der Waals surface area contributed by atoms with Crippen LogP contribution in [0.3, 0.4) is 0 Å². The normalized spacial score (nSPS) is 10.7. The molecule has 2 heterocycles. The van der Waals surface area contributed by atoms with Crippen LogP contribution in [-0.2, 0) is 7.05 Å². The van der Waals surface area contributed by atoms with Gasteiger partial charge in [0.15, 0.2) is 5.65 Å². The Balaban J connectivity index is 2.25. The standard InChI is InChI=1S/C16H16N4O2/c1-17-16(21)12-8-14(10-5-4-6-11(7-10)22-3)19-15-13(12)9-18-20(15)2/h4-9H,1-3H3,(H,17,21). The third kappa shape index (κ3) is 2.28. The lowest BCUT2D eigenvalue weighted by Crippen LogP contribution is -2.18. The van der Waals surface area contributed by atoms with Crippen molar-refractivity contribution in [2.45, 2.75) is 0 Å². The van der Waals surface area contributed by atoms with Crippen molar-refractivity contribution in [2.75, 3.05) is 14.2 Å². The summed E-state index contributed by atoms with van der Waals surface area (Å²) in [7, 11) is 5.03. The van der Waals surface area contributed by atoms with Crippen molar-refractivity contribution >= 4 is 16.9 Å². The predicted molar refractivity (Wildman–Crippen MR) is 83.9 cm³/mol. The van der Waals surface area contributed by atoms with Gasteiger partial charge in [-0.25, -0.2) is 4.98 Å². The quantitative estimate of drug-likeness (QED) is 0.802. The molecule has 6 heteroatoms. The largest absolute Gasteiger partial charge is 0.497 e. The van der Waals surface area contributed by atoms with Crippen LogP contribution in [0.1, 0.15) is 10.4 Å². The molecule has 2 aromatic heterocycles. The highest BCUT2D eigenvalue weighted by Gasteiger charge is 2.15. The van der Waals surface area contributed by atoms with Crippen molar-refractivity contribution in [2.24, 2.45) is 7.05 Å². The summed E-state index contributed by atoms with van der Waals surface area (Å²) in [5.41, 5.74) is 2.80. The van der Waals surface area contributed by atoms with Crippen LogP contribution in [0.2, 0.25) is 0 Å². The number of ether oxygens (including phenoxy) is 1. The van der Waals surface area contributed by atoms with E-state index in [2.05, 4.69) is 15.4 Å². The second-order valence-corrected chi connectivity index (χ2v) is 4.87. The minimum absolute atomic E-state index is 0.162. The van der Waals surface area contributed by atoms with Crippen LogP contribution in [0.5, 0.6) is 5.75 Å². The van der Waals surface area contributed by atoms with Crippen molar-refractivity contribution in [1.82, 2.24) is 20.1 Å². The summed E-state index contributed by atoms with van der Waals surface area (Å²) in [6.45, 7) is 0. The van der Waals surface area contributed by atoms with Gasteiger partial charge in [0.2, 0.25) is 0 Å². The first-order valence-electron chi connectivity index (χ1n) is 6.83. The molecule has 1 amide bonds. The maximum atomic E-state index is 12.1. The minimum Gasteiger partial charge on any atom is -0.497 e. The number of hydrogen-bond donors (Lipinski definition) is 1. The van der Waals surface area contributed by atoms with Gasteiger partial charge in [-0.05, 0) is 18.2 Å². The molecule has 0 fully saturated rings. The van der Waals surface area contributed by atoms with Crippen LogP contribution in [0.4, 0.5) is 0 Å². The monoisotopic (exact) mass is 296 g/mol. The molecule has 0 saturated carbocycles. The Labute approximate surface area is 127 Å². The number of pyridine rings is 1. The number of nitrogens with one attached hydrogen (secondary N) is 1. The second kappa shape index (κ2) is 5.48. The molecule has 0 aliphatic carbocycles. The van der Waals surface area contributed by atoms with Gasteiger partial charge in [0.1, 0.15) is 5.75 Å². The van der Waals surface area contributed by atoms with E-state index < -0.39 is 0 Å². The van der Waals surface area contributed by atoms with Gasteiger partial charge in [0, 0.05) is 19.7 Å². The number of carbonyl (C=O) groups is 1. The molecule has 0 aliphatic heterocycles. The molecule has 1 aromatic carbocycles. The molecular weight excluding hydrogens is 280 g/mol. The van der Waals surface area contributed by atoms with E-state index in [4.69, 9.17) is 4.74 Å². The molecule has 0 radical (unpaired) electrons. The van der Waals surface area contributed by atoms with Crippen LogP contribution in [0.15, 0.2) is 36.5 Å². The Morgan fingerprint density at radius 1 is 1.32 bits per heavy atom. The zero-order valence-corrected chi connectivity index (χ0v) is 12.6. The fourth-order valence-corrected chi connectivity index (χ4v) is 2.37. The van der Waals surface area contributed by atoms with Gasteiger partial charge in [-0.1, -0.05) is 12.1 Å². The van der Waals surface area contributed by atoms with Gasteiger partial charge in [-0.3, -0.25) is 9.48 Å². The molecule has 112 valence electrons. The van der Waals surface area contributed by atoms with E-state index >= 15 is 0 Å². The van der Waals surface area contributed by atoms with Crippen LogP contribution >= 0.6 is 0 Å². The number of aromatic nitrogens is 3. The van der Waals surface area contributed by atoms with Gasteiger partial charge in [0.25, 0.3) is 5.91 Å². The summed E-state index contributed by atoms with van der Waals surface area (Å²) in [4.78, 5) is 16.8. The summed E-state index contributed by atoms with van der Waals surface area (Å²) in [5, 5.41) is 7.58. The van der Waals surface area contributed by atoms with Gasteiger partial charge < -0.3 is 10.1 Å². The third-order valence-electron chi connectivity index (χ3n) is 3.54. The molecule has 1 N–H and O–H groups in total. The Hall–Kier alpha value is -2.89. The number of aryl methyl sites for hydroxylation is 1. The highest BCUT2D eigenvalue weighted by atomic mass is 16.5. The van der Waals surface area contributed by atoms with Crippen molar-refractivity contribution in [3.8, 4) is 17.0 Å². The van der Waals surface area contributed by atoms with Crippen LogP contribution in [0, 0.1) is 0 Å². The zero-order chi connectivity index (χ0) is 15.7. The molecular formula is C16H16N4O2. The lowest BCUT2D eigenvalue weighted by Gasteiger charge is -2.08. The summed E-state index contributed by atoms with van der Waals surface area (Å²) < 4.78 is 6.90. The highest BCUT2D eigenvalue weighted by Crippen LogP contribution is 2.26. The smallest absolute Gasteiger partial charge is 0.251 e. The molecule has 0 spiro atoms. The maximum Gasteiger partial charge on any atom is 0.251 e. The summed E-state index contributed by atoms with van der Waals surface area (Å²) in [6.07, 6.45) is 1.66. The average molecular weight is 296 g/mol. The van der Waals surface area contributed by atoms with E-state index in [1.807, 2.05) is 24.3 Å². The molecule has 0 aliphatic rings. The van der Waals surface area contributed by atoms with E-state index in [1.54, 1.807) is 38.2 Å². The molecule has 3 rings (SSSR count). The average Bonchev–Trinajstić information content (AvgIpc) is 2.94. The van der Waals surface area contributed by atoms with Gasteiger partial charge in [0.05, 0.1) is 30.0 Å². The van der Waals surface area contributed by atoms with Crippen LogP contribution in [-0.4, -0.2) is 34.8 Å². The zero-order valence-electron chi connectivity index (χ0n) is 12.6. The molecule has 0 unspecified atom stereocenters. The van der Waals surface area contributed by atoms with Crippen LogP contribution < -0.4 is 10.1 Å². The Bertz CT molecular complexity index is 854. The van der Waals surface area contributed by atoms with Gasteiger partial charge in [-0.15, -0.1) is 0 Å². The number of hydrogen-bond acceptors (Lipinski definition) is 4. The second-order valence-electron chi connectivity index (χ2n) is 4.87. The number of methoxy groups -OCH3 is 1. The van der Waals surface area contributed by atoms with Gasteiger partial charge in [-0.2, -0.15) is 5.10 Å². The van der Waals surface area contributed by atoms with Crippen molar-refractivity contribution in [1.29, 1.82) is 0 Å². The van der Waals surface area contributed by atoms with E-state index in [-0.39, 0.29) is 5.91 Å². The fourth-order valence-electron chi connectivity index (χ4n) is 2.37. The van der Waals surface area contributed by atoms with E-state index in [1.165, 1.54) is 0 Å². The lowest BCUT2D eigenvalue weighted by molar-refractivity contribution is 0.0964. The molecule has 22 heavy (non-hydrogen) atoms. The fraction of sp³-hybridized carbons (Fsp3) is 0.188. The SMILES string of the molecule is CNC(=O)c1cc(-c2cccc(OC)c2)nc2c1cnn2C. The maximum absolute atomic E-state index is 12.1. The van der Waals surface area contributed by atoms with Crippen molar-refractivity contribution < 1.29 is 9.53 Å². The predicted octanol–water partition coefficient (Wildman–Crippen LogP) is 2.00. The summed E-state index contributed by atoms with van der Waals surface area (Å²) in [5.74, 6) is 0.579. The summed E-state index contributed by atoms with van der Waals surface area (Å²) in [6, 6.07) is 9.35. The van der Waals surface area contributed by atoms with E-state index in [0.29, 0.717) is 16.9 Å². The number of rotatable bonds is 3. The molecule has 3 aromatic rings. The number of fused-ring (bicyclic) bond motifs is 1. The third-order valence-corrected chi connectivity index (χ3v) is 3.54. The highest BCUT2D eigenvalue weighted by molar-refractivity contribution is 6.06. The molecule has 0 atom stereocenters. The van der Waals surface area contributed by atoms with E-state index in [9.17, 15) is 4.79 Å². The van der Waals surface area contributed by atoms with Gasteiger partial charge >= 0.3 is 0 Å². The first-order valence-corrected chi connectivity index (χ1v) is 6.83. The molecule has 6 nitrogen and oxygen atoms in total. The number of amides is 1. The van der Waals surface area contributed by atoms with Crippen molar-refractivity contribution in [3.63, 3.8) is 0 Å². The van der Waals surface area contributed by atoms with Crippen LogP contribution in [0.25, 0.3) is 22.3 Å². The number of benzene rings is 1. The number of nitrogens with zero attached hydrogens (tertiary/aromatic N) is 3.